The Labute approximate surface area is 115 Å². The van der Waals surface area contributed by atoms with Crippen molar-refractivity contribution in [1.82, 2.24) is 10.2 Å². The second-order valence-electron chi connectivity index (χ2n) is 6.09. The molecule has 0 radical (unpaired) electrons. The van der Waals surface area contributed by atoms with Crippen LogP contribution < -0.4 is 5.32 Å². The zero-order chi connectivity index (χ0) is 14.0. The van der Waals surface area contributed by atoms with Gasteiger partial charge in [-0.3, -0.25) is 15.1 Å². The molecule has 2 N–H and O–H groups in total. The maximum absolute atomic E-state index is 12.5. The van der Waals surface area contributed by atoms with Crippen LogP contribution in [0.3, 0.4) is 0 Å². The number of guanidine groups is 1. The Morgan fingerprint density at radius 1 is 1.53 bits per heavy atom. The molecule has 0 saturated carbocycles. The Balaban J connectivity index is 2.10. The Bertz CT molecular complexity index is 450. The summed E-state index contributed by atoms with van der Waals surface area (Å²) in [7, 11) is 0. The lowest BCUT2D eigenvalue weighted by Gasteiger charge is -2.24. The summed E-state index contributed by atoms with van der Waals surface area (Å²) < 4.78 is 0. The minimum absolute atomic E-state index is 0.0293. The first-order valence-electron chi connectivity index (χ1n) is 6.95. The fraction of sp³-hybridized carbons (Fsp3) is 0.600. The van der Waals surface area contributed by atoms with E-state index in [1.165, 1.54) is 5.57 Å². The van der Waals surface area contributed by atoms with Gasteiger partial charge in [0.1, 0.15) is 5.54 Å². The minimum atomic E-state index is -0.615. The van der Waals surface area contributed by atoms with Gasteiger partial charge in [0, 0.05) is 0 Å². The Hall–Kier alpha value is -1.58. The molecule has 19 heavy (non-hydrogen) atoms. The van der Waals surface area contributed by atoms with E-state index in [0.717, 1.165) is 19.3 Å². The van der Waals surface area contributed by atoms with E-state index < -0.39 is 5.54 Å². The summed E-state index contributed by atoms with van der Waals surface area (Å²) in [5.74, 6) is 0.691. The van der Waals surface area contributed by atoms with Crippen LogP contribution >= 0.6 is 0 Å². The number of nitrogens with zero attached hydrogens (tertiary/aromatic N) is 1. The molecule has 0 bridgehead atoms. The van der Waals surface area contributed by atoms with E-state index in [-0.39, 0.29) is 11.9 Å². The number of rotatable bonds is 4. The molecule has 0 aromatic carbocycles. The lowest BCUT2D eigenvalue weighted by molar-refractivity contribution is -0.130. The van der Waals surface area contributed by atoms with Crippen molar-refractivity contribution >= 4 is 11.9 Å². The first-order chi connectivity index (χ1) is 8.92. The highest BCUT2D eigenvalue weighted by Gasteiger charge is 2.45. The van der Waals surface area contributed by atoms with Crippen molar-refractivity contribution in [3.05, 3.63) is 23.8 Å². The van der Waals surface area contributed by atoms with Crippen LogP contribution in [0.25, 0.3) is 0 Å². The van der Waals surface area contributed by atoms with E-state index >= 15 is 0 Å². The molecule has 1 saturated heterocycles. The van der Waals surface area contributed by atoms with Crippen LogP contribution in [-0.2, 0) is 4.79 Å². The van der Waals surface area contributed by atoms with Gasteiger partial charge in [0.25, 0.3) is 5.91 Å². The summed E-state index contributed by atoms with van der Waals surface area (Å²) in [5.41, 5.74) is 0.604. The van der Waals surface area contributed by atoms with E-state index in [0.29, 0.717) is 12.5 Å². The molecule has 104 valence electrons. The van der Waals surface area contributed by atoms with Gasteiger partial charge in [-0.1, -0.05) is 37.6 Å². The first-order valence-corrected chi connectivity index (χ1v) is 6.95. The highest BCUT2D eigenvalue weighted by Crippen LogP contribution is 2.26. The van der Waals surface area contributed by atoms with Gasteiger partial charge in [0.2, 0.25) is 0 Å². The van der Waals surface area contributed by atoms with Crippen LogP contribution in [0.15, 0.2) is 23.8 Å². The van der Waals surface area contributed by atoms with Crippen molar-refractivity contribution in [3.8, 4) is 0 Å². The topological polar surface area (TPSA) is 56.2 Å². The van der Waals surface area contributed by atoms with E-state index in [1.807, 2.05) is 13.0 Å². The molecule has 2 rings (SSSR count). The molecule has 1 heterocycles. The lowest BCUT2D eigenvalue weighted by atomic mass is 9.90. The molecule has 2 aliphatic rings. The predicted molar refractivity (Wildman–Crippen MR) is 76.9 cm³/mol. The average molecular weight is 261 g/mol. The highest BCUT2D eigenvalue weighted by atomic mass is 16.2. The van der Waals surface area contributed by atoms with E-state index in [9.17, 15) is 4.79 Å². The molecule has 4 heteroatoms. The van der Waals surface area contributed by atoms with E-state index in [1.54, 1.807) is 4.90 Å². The third-order valence-electron chi connectivity index (χ3n) is 3.66. The Morgan fingerprint density at radius 3 is 2.84 bits per heavy atom. The fourth-order valence-electron chi connectivity index (χ4n) is 2.87. The van der Waals surface area contributed by atoms with E-state index in [2.05, 4.69) is 31.3 Å². The van der Waals surface area contributed by atoms with Crippen LogP contribution in [0.2, 0.25) is 0 Å². The number of carbonyl (C=O) groups excluding carboxylic acids is 1. The highest BCUT2D eigenvalue weighted by molar-refractivity contribution is 6.07. The largest absolute Gasteiger partial charge is 0.342 e. The van der Waals surface area contributed by atoms with Gasteiger partial charge in [-0.25, -0.2) is 0 Å². The van der Waals surface area contributed by atoms with Crippen molar-refractivity contribution in [2.45, 2.75) is 45.6 Å². The molecule has 1 fully saturated rings. The predicted octanol–water partition coefficient (Wildman–Crippen LogP) is 2.43. The number of allylic oxidation sites excluding steroid dienone is 3. The molecule has 1 amide bonds. The molecule has 1 unspecified atom stereocenters. The number of hydrogen-bond donors (Lipinski definition) is 2. The number of nitrogens with one attached hydrogen (secondary N) is 2. The van der Waals surface area contributed by atoms with E-state index in [4.69, 9.17) is 5.41 Å². The smallest absolute Gasteiger partial charge is 0.255 e. The molecule has 4 nitrogen and oxygen atoms in total. The van der Waals surface area contributed by atoms with Crippen molar-refractivity contribution in [2.75, 3.05) is 6.54 Å². The summed E-state index contributed by atoms with van der Waals surface area (Å²) >= 11 is 0. The third-order valence-corrected chi connectivity index (χ3v) is 3.66. The molecular formula is C15H23N3O. The normalized spacial score (nSPS) is 26.9. The number of hydrogen-bond acceptors (Lipinski definition) is 2. The summed E-state index contributed by atoms with van der Waals surface area (Å²) in [6.45, 7) is 6.64. The maximum Gasteiger partial charge on any atom is 0.255 e. The van der Waals surface area contributed by atoms with Crippen LogP contribution in [0, 0.1) is 11.3 Å². The summed E-state index contributed by atoms with van der Waals surface area (Å²) in [4.78, 5) is 14.1. The fourth-order valence-corrected chi connectivity index (χ4v) is 2.87. The minimum Gasteiger partial charge on any atom is -0.342 e. The van der Waals surface area contributed by atoms with Gasteiger partial charge >= 0.3 is 0 Å². The van der Waals surface area contributed by atoms with Crippen molar-refractivity contribution in [2.24, 2.45) is 5.92 Å². The monoisotopic (exact) mass is 261 g/mol. The van der Waals surface area contributed by atoms with Gasteiger partial charge in [0.15, 0.2) is 5.96 Å². The number of carbonyl (C=O) groups is 1. The van der Waals surface area contributed by atoms with Gasteiger partial charge in [-0.05, 0) is 32.1 Å². The van der Waals surface area contributed by atoms with Crippen LogP contribution in [0.1, 0.15) is 40.0 Å². The van der Waals surface area contributed by atoms with Crippen LogP contribution in [0.4, 0.5) is 0 Å². The second-order valence-corrected chi connectivity index (χ2v) is 6.09. The zero-order valence-corrected chi connectivity index (χ0v) is 12.0. The van der Waals surface area contributed by atoms with Gasteiger partial charge in [0.05, 0.1) is 6.54 Å². The molecular weight excluding hydrogens is 238 g/mol. The van der Waals surface area contributed by atoms with Gasteiger partial charge < -0.3 is 5.32 Å². The summed E-state index contributed by atoms with van der Waals surface area (Å²) in [6, 6.07) is 0. The molecule has 1 atom stereocenters. The first kappa shape index (κ1) is 13.8. The molecule has 0 spiro atoms. The SMILES string of the molecule is CC(C)CC1(C)NC(=N)N(CC2=CC=CCC2)C1=O. The van der Waals surface area contributed by atoms with Crippen molar-refractivity contribution in [1.29, 1.82) is 5.41 Å². The quantitative estimate of drug-likeness (QED) is 0.816. The zero-order valence-electron chi connectivity index (χ0n) is 12.0. The molecule has 0 aromatic heterocycles. The Morgan fingerprint density at radius 2 is 2.26 bits per heavy atom. The van der Waals surface area contributed by atoms with Crippen LogP contribution in [-0.4, -0.2) is 28.9 Å². The molecule has 0 aromatic rings. The Kier molecular flexibility index (Phi) is 3.78. The van der Waals surface area contributed by atoms with Crippen molar-refractivity contribution < 1.29 is 4.79 Å². The number of amides is 1. The molecule has 1 aliphatic carbocycles. The third kappa shape index (κ3) is 2.88. The summed E-state index contributed by atoms with van der Waals surface area (Å²) in [6.07, 6.45) is 8.98. The van der Waals surface area contributed by atoms with Gasteiger partial charge in [-0.15, -0.1) is 0 Å². The standard InChI is InChI=1S/C15H23N3O/c1-11(2)9-15(3)13(19)18(14(16)17-15)10-12-7-5-4-6-8-12/h4-5,7,11H,6,8-10H2,1-3H3,(H2,16,17). The second kappa shape index (κ2) is 5.19. The van der Waals surface area contributed by atoms with Crippen LogP contribution in [0.5, 0.6) is 0 Å². The molecule has 1 aliphatic heterocycles. The summed E-state index contributed by atoms with van der Waals surface area (Å²) in [5, 5.41) is 11.1. The lowest BCUT2D eigenvalue weighted by Crippen LogP contribution is -2.45. The average Bonchev–Trinajstić information content (AvgIpc) is 2.53. The van der Waals surface area contributed by atoms with Crippen molar-refractivity contribution in [3.63, 3.8) is 0 Å². The van der Waals surface area contributed by atoms with Gasteiger partial charge in [-0.2, -0.15) is 0 Å². The maximum atomic E-state index is 12.5.